The van der Waals surface area contributed by atoms with Gasteiger partial charge in [0.1, 0.15) is 0 Å². The van der Waals surface area contributed by atoms with Gasteiger partial charge in [-0.05, 0) is 51.4 Å². The fourth-order valence-corrected chi connectivity index (χ4v) is 3.26. The van der Waals surface area contributed by atoms with Crippen LogP contribution < -0.4 is 10.6 Å². The highest BCUT2D eigenvalue weighted by Gasteiger charge is 2.26. The van der Waals surface area contributed by atoms with E-state index in [4.69, 9.17) is 0 Å². The van der Waals surface area contributed by atoms with Gasteiger partial charge in [-0.2, -0.15) is 5.10 Å². The summed E-state index contributed by atoms with van der Waals surface area (Å²) in [5, 5.41) is 10.7. The molecule has 0 aliphatic heterocycles. The van der Waals surface area contributed by atoms with E-state index in [2.05, 4.69) is 31.7 Å². The standard InChI is InChI=1S/C17H21BrN4O.ClH/c1-11(19-2)10-20-17(23)16-14-7-4-8-15(14)22(21-16)13-6-3-5-12(18)9-13;/h3,5-6,9,11,19H,4,7-8,10H2,1-2H3,(H,20,23);1H. The number of benzene rings is 1. The summed E-state index contributed by atoms with van der Waals surface area (Å²) in [7, 11) is 1.89. The predicted molar refractivity (Wildman–Crippen MR) is 101 cm³/mol. The van der Waals surface area contributed by atoms with Crippen LogP contribution in [-0.2, 0) is 12.8 Å². The molecule has 0 saturated carbocycles. The van der Waals surface area contributed by atoms with E-state index < -0.39 is 0 Å². The number of amides is 1. The number of likely N-dealkylation sites (N-methyl/N-ethyl adjacent to an activating group) is 1. The smallest absolute Gasteiger partial charge is 0.272 e. The highest BCUT2D eigenvalue weighted by Crippen LogP contribution is 2.28. The number of halogens is 2. The zero-order chi connectivity index (χ0) is 16.4. The quantitative estimate of drug-likeness (QED) is 0.792. The van der Waals surface area contributed by atoms with Crippen molar-refractivity contribution in [3.63, 3.8) is 0 Å². The Morgan fingerprint density at radius 1 is 1.42 bits per heavy atom. The second-order valence-electron chi connectivity index (χ2n) is 5.92. The number of hydrogen-bond donors (Lipinski definition) is 2. The van der Waals surface area contributed by atoms with Gasteiger partial charge in [0, 0.05) is 28.3 Å². The van der Waals surface area contributed by atoms with E-state index >= 15 is 0 Å². The van der Waals surface area contributed by atoms with Crippen LogP contribution in [-0.4, -0.2) is 35.3 Å². The maximum absolute atomic E-state index is 12.5. The lowest BCUT2D eigenvalue weighted by molar-refractivity contribution is 0.0944. The molecule has 1 aliphatic carbocycles. The number of carbonyl (C=O) groups is 1. The normalized spacial score (nSPS) is 14.0. The van der Waals surface area contributed by atoms with Crippen molar-refractivity contribution in [2.24, 2.45) is 0 Å². The van der Waals surface area contributed by atoms with Gasteiger partial charge in [-0.3, -0.25) is 4.79 Å². The highest BCUT2D eigenvalue weighted by atomic mass is 79.9. The van der Waals surface area contributed by atoms with Crippen molar-refractivity contribution in [2.75, 3.05) is 13.6 Å². The molecule has 1 heterocycles. The van der Waals surface area contributed by atoms with E-state index in [0.29, 0.717) is 12.2 Å². The van der Waals surface area contributed by atoms with E-state index in [1.807, 2.05) is 42.9 Å². The molecule has 0 saturated heterocycles. The molecule has 0 spiro atoms. The molecular weight excluding hydrogens is 392 g/mol. The summed E-state index contributed by atoms with van der Waals surface area (Å²) in [6.45, 7) is 2.62. The monoisotopic (exact) mass is 412 g/mol. The van der Waals surface area contributed by atoms with Crippen molar-refractivity contribution < 1.29 is 4.79 Å². The van der Waals surface area contributed by atoms with Gasteiger partial charge in [0.25, 0.3) is 5.91 Å². The van der Waals surface area contributed by atoms with Crippen molar-refractivity contribution >= 4 is 34.2 Å². The Labute approximate surface area is 156 Å². The van der Waals surface area contributed by atoms with Gasteiger partial charge in [0.2, 0.25) is 0 Å². The second-order valence-corrected chi connectivity index (χ2v) is 6.83. The zero-order valence-electron chi connectivity index (χ0n) is 13.8. The van der Waals surface area contributed by atoms with Gasteiger partial charge < -0.3 is 10.6 Å². The van der Waals surface area contributed by atoms with Crippen molar-refractivity contribution in [1.82, 2.24) is 20.4 Å². The Bertz CT molecular complexity index is 731. The van der Waals surface area contributed by atoms with Crippen LogP contribution in [0.4, 0.5) is 0 Å². The summed E-state index contributed by atoms with van der Waals surface area (Å²) in [6, 6.07) is 8.24. The molecule has 3 rings (SSSR count). The first kappa shape index (κ1) is 19.0. The van der Waals surface area contributed by atoms with Crippen LogP contribution in [0.25, 0.3) is 5.69 Å². The number of nitrogens with one attached hydrogen (secondary N) is 2. The number of rotatable bonds is 5. The minimum atomic E-state index is -0.0843. The Morgan fingerprint density at radius 2 is 2.21 bits per heavy atom. The molecule has 1 aromatic carbocycles. The number of fused-ring (bicyclic) bond motifs is 1. The van der Waals surface area contributed by atoms with Gasteiger partial charge in [0.05, 0.1) is 5.69 Å². The lowest BCUT2D eigenvalue weighted by atomic mass is 10.2. The minimum Gasteiger partial charge on any atom is -0.349 e. The summed E-state index contributed by atoms with van der Waals surface area (Å²) in [4.78, 5) is 12.5. The molecule has 1 unspecified atom stereocenters. The summed E-state index contributed by atoms with van der Waals surface area (Å²) >= 11 is 3.50. The highest BCUT2D eigenvalue weighted by molar-refractivity contribution is 9.10. The third kappa shape index (κ3) is 3.82. The Kier molecular flexibility index (Phi) is 6.43. The topological polar surface area (TPSA) is 58.9 Å². The average Bonchev–Trinajstić information content (AvgIpc) is 3.14. The fourth-order valence-electron chi connectivity index (χ4n) is 2.87. The summed E-state index contributed by atoms with van der Waals surface area (Å²) < 4.78 is 2.93. The zero-order valence-corrected chi connectivity index (χ0v) is 16.2. The molecule has 24 heavy (non-hydrogen) atoms. The van der Waals surface area contributed by atoms with Crippen LogP contribution >= 0.6 is 28.3 Å². The van der Waals surface area contributed by atoms with E-state index in [1.165, 1.54) is 0 Å². The van der Waals surface area contributed by atoms with Crippen LogP contribution in [0.15, 0.2) is 28.7 Å². The second kappa shape index (κ2) is 8.14. The summed E-state index contributed by atoms with van der Waals surface area (Å²) in [5.74, 6) is -0.0843. The minimum absolute atomic E-state index is 0. The molecule has 1 amide bonds. The van der Waals surface area contributed by atoms with Gasteiger partial charge in [-0.25, -0.2) is 4.68 Å². The number of hydrogen-bond acceptors (Lipinski definition) is 3. The number of nitrogens with zero attached hydrogens (tertiary/aromatic N) is 2. The SMILES string of the molecule is CNC(C)CNC(=O)c1nn(-c2cccc(Br)c2)c2c1CCC2.Cl. The lowest BCUT2D eigenvalue weighted by Gasteiger charge is -2.10. The first-order valence-electron chi connectivity index (χ1n) is 7.92. The van der Waals surface area contributed by atoms with Gasteiger partial charge in [-0.1, -0.05) is 22.0 Å². The van der Waals surface area contributed by atoms with E-state index in [1.54, 1.807) is 0 Å². The maximum atomic E-state index is 12.5. The molecule has 1 aromatic heterocycles. The molecule has 5 nitrogen and oxygen atoms in total. The maximum Gasteiger partial charge on any atom is 0.272 e. The first-order chi connectivity index (χ1) is 11.1. The van der Waals surface area contributed by atoms with E-state index in [9.17, 15) is 4.79 Å². The number of carbonyl (C=O) groups excluding carboxylic acids is 1. The first-order valence-corrected chi connectivity index (χ1v) is 8.71. The Hall–Kier alpha value is -1.37. The third-order valence-corrected chi connectivity index (χ3v) is 4.75. The van der Waals surface area contributed by atoms with E-state index in [-0.39, 0.29) is 24.4 Å². The Morgan fingerprint density at radius 3 is 2.92 bits per heavy atom. The molecule has 2 N–H and O–H groups in total. The van der Waals surface area contributed by atoms with Crippen LogP contribution in [0, 0.1) is 0 Å². The van der Waals surface area contributed by atoms with Crippen molar-refractivity contribution in [3.8, 4) is 5.69 Å². The number of aromatic nitrogens is 2. The van der Waals surface area contributed by atoms with Crippen LogP contribution in [0.1, 0.15) is 35.1 Å². The molecule has 0 fully saturated rings. The molecule has 0 bridgehead atoms. The molecular formula is C17H22BrClN4O. The molecule has 0 radical (unpaired) electrons. The lowest BCUT2D eigenvalue weighted by Crippen LogP contribution is -2.37. The third-order valence-electron chi connectivity index (χ3n) is 4.26. The summed E-state index contributed by atoms with van der Waals surface area (Å²) in [5.41, 5.74) is 3.82. The largest absolute Gasteiger partial charge is 0.349 e. The molecule has 1 aliphatic rings. The van der Waals surface area contributed by atoms with Crippen LogP contribution in [0.2, 0.25) is 0 Å². The van der Waals surface area contributed by atoms with Crippen LogP contribution in [0.3, 0.4) is 0 Å². The summed E-state index contributed by atoms with van der Waals surface area (Å²) in [6.07, 6.45) is 2.97. The fraction of sp³-hybridized carbons (Fsp3) is 0.412. The van der Waals surface area contributed by atoms with Crippen molar-refractivity contribution in [2.45, 2.75) is 32.2 Å². The molecule has 1 atom stereocenters. The van der Waals surface area contributed by atoms with E-state index in [0.717, 1.165) is 40.7 Å². The predicted octanol–water partition coefficient (Wildman–Crippen LogP) is 2.88. The van der Waals surface area contributed by atoms with Gasteiger partial charge in [0.15, 0.2) is 5.69 Å². The van der Waals surface area contributed by atoms with Crippen molar-refractivity contribution in [3.05, 3.63) is 45.7 Å². The molecule has 130 valence electrons. The Balaban J connectivity index is 0.00000208. The van der Waals surface area contributed by atoms with Gasteiger partial charge in [-0.15, -0.1) is 12.4 Å². The van der Waals surface area contributed by atoms with Gasteiger partial charge >= 0.3 is 0 Å². The van der Waals surface area contributed by atoms with Crippen molar-refractivity contribution in [1.29, 1.82) is 0 Å². The molecule has 2 aromatic rings. The van der Waals surface area contributed by atoms with Crippen LogP contribution in [0.5, 0.6) is 0 Å². The average molecular weight is 414 g/mol. The molecule has 7 heteroatoms.